The summed E-state index contributed by atoms with van der Waals surface area (Å²) in [4.78, 5) is 15.0. The number of para-hydroxylation sites is 2. The highest BCUT2D eigenvalue weighted by molar-refractivity contribution is 6.13. The first-order valence-corrected chi connectivity index (χ1v) is 16.6. The number of nitrogens with zero attached hydrogens (tertiary/aromatic N) is 3. The maximum absolute atomic E-state index is 6.50. The van der Waals surface area contributed by atoms with Gasteiger partial charge in [-0.15, -0.1) is 0 Å². The second-order valence-electron chi connectivity index (χ2n) is 12.4. The molecule has 0 bridgehead atoms. The third-order valence-electron chi connectivity index (χ3n) is 9.37. The topological polar surface area (TPSA) is 65.0 Å². The molecule has 0 aliphatic heterocycles. The minimum Gasteiger partial charge on any atom is -0.456 e. The highest BCUT2D eigenvalue weighted by Gasteiger charge is 2.19. The van der Waals surface area contributed by atoms with E-state index in [0.717, 1.165) is 71.7 Å². The Morgan fingerprint density at radius 1 is 0.320 bits per heavy atom. The quantitative estimate of drug-likeness (QED) is 0.187. The lowest BCUT2D eigenvalue weighted by Crippen LogP contribution is -2.00. The summed E-state index contributed by atoms with van der Waals surface area (Å²) >= 11 is 0. The van der Waals surface area contributed by atoms with Crippen molar-refractivity contribution < 1.29 is 8.83 Å². The molecule has 0 saturated heterocycles. The molecule has 0 N–H and O–H groups in total. The molecule has 3 aromatic heterocycles. The summed E-state index contributed by atoms with van der Waals surface area (Å²) in [5.74, 6) is 1.69. The summed E-state index contributed by atoms with van der Waals surface area (Å²) in [5, 5.41) is 4.20. The molecule has 234 valence electrons. The fraction of sp³-hybridized carbons (Fsp3) is 0. The first-order chi connectivity index (χ1) is 24.8. The molecule has 0 atom stereocenters. The van der Waals surface area contributed by atoms with Crippen LogP contribution in [0.2, 0.25) is 0 Å². The van der Waals surface area contributed by atoms with Crippen LogP contribution in [0, 0.1) is 0 Å². The van der Waals surface area contributed by atoms with E-state index >= 15 is 0 Å². The Labute approximate surface area is 287 Å². The van der Waals surface area contributed by atoms with Crippen LogP contribution in [0.25, 0.3) is 100 Å². The zero-order valence-electron chi connectivity index (χ0n) is 26.7. The van der Waals surface area contributed by atoms with Crippen LogP contribution in [-0.4, -0.2) is 15.0 Å². The van der Waals surface area contributed by atoms with E-state index in [-0.39, 0.29) is 0 Å². The van der Waals surface area contributed by atoms with Crippen LogP contribution in [0.15, 0.2) is 173 Å². The van der Waals surface area contributed by atoms with Crippen LogP contribution >= 0.6 is 0 Å². The number of furan rings is 2. The number of fused-ring (bicyclic) bond motifs is 6. The lowest BCUT2D eigenvalue weighted by Gasteiger charge is -2.09. The molecular formula is C45H27N3O2. The van der Waals surface area contributed by atoms with Crippen molar-refractivity contribution in [1.29, 1.82) is 0 Å². The lowest BCUT2D eigenvalue weighted by atomic mass is 9.96. The zero-order chi connectivity index (χ0) is 33.0. The molecular weight excluding hydrogens is 615 g/mol. The van der Waals surface area contributed by atoms with Gasteiger partial charge >= 0.3 is 0 Å². The summed E-state index contributed by atoms with van der Waals surface area (Å²) in [5.41, 5.74) is 10.4. The number of hydrogen-bond donors (Lipinski definition) is 0. The van der Waals surface area contributed by atoms with E-state index in [1.165, 1.54) is 11.1 Å². The standard InChI is InChI=1S/C45H27N3O2/c1-3-11-28(12-4-1)29-21-23-30(24-22-29)33-16-10-20-39-41(33)36-26-25-32(27-40(36)49-39)44-46-43(31-13-5-2-6-14-31)47-45(48-44)37-18-9-17-35-34-15-7-8-19-38(34)50-42(35)37/h1-27H. The van der Waals surface area contributed by atoms with Gasteiger partial charge in [-0.3, -0.25) is 0 Å². The second-order valence-corrected chi connectivity index (χ2v) is 12.4. The number of hydrogen-bond acceptors (Lipinski definition) is 5. The fourth-order valence-electron chi connectivity index (χ4n) is 6.94. The third kappa shape index (κ3) is 4.67. The van der Waals surface area contributed by atoms with E-state index in [1.54, 1.807) is 0 Å². The van der Waals surface area contributed by atoms with Gasteiger partial charge in [0, 0.05) is 32.7 Å². The number of aromatic nitrogens is 3. The van der Waals surface area contributed by atoms with Crippen LogP contribution < -0.4 is 0 Å². The van der Waals surface area contributed by atoms with E-state index in [4.69, 9.17) is 23.8 Å². The van der Waals surface area contributed by atoms with Crippen LogP contribution in [0.1, 0.15) is 0 Å². The molecule has 0 aliphatic rings. The first-order valence-electron chi connectivity index (χ1n) is 16.6. The Kier molecular flexibility index (Phi) is 6.42. The third-order valence-corrected chi connectivity index (χ3v) is 9.37. The summed E-state index contributed by atoms with van der Waals surface area (Å²) in [7, 11) is 0. The molecule has 10 aromatic rings. The SMILES string of the molecule is c1ccc(-c2ccc(-c3cccc4oc5cc(-c6nc(-c7ccccc7)nc(-c7cccc8c7oc7ccccc78)n6)ccc5c34)cc2)cc1. The summed E-state index contributed by atoms with van der Waals surface area (Å²) in [6, 6.07) is 55.8. The predicted molar refractivity (Wildman–Crippen MR) is 202 cm³/mol. The first kappa shape index (κ1) is 28.2. The van der Waals surface area contributed by atoms with Gasteiger partial charge in [-0.25, -0.2) is 15.0 Å². The largest absolute Gasteiger partial charge is 0.456 e. The fourth-order valence-corrected chi connectivity index (χ4v) is 6.94. The van der Waals surface area contributed by atoms with Crippen LogP contribution in [0.5, 0.6) is 0 Å². The molecule has 10 rings (SSSR count). The van der Waals surface area contributed by atoms with E-state index in [9.17, 15) is 0 Å². The van der Waals surface area contributed by atoms with Gasteiger partial charge in [0.25, 0.3) is 0 Å². The maximum atomic E-state index is 6.50. The van der Waals surface area contributed by atoms with Gasteiger partial charge in [-0.2, -0.15) is 0 Å². The second kappa shape index (κ2) is 11.4. The highest BCUT2D eigenvalue weighted by atomic mass is 16.3. The molecule has 3 heterocycles. The van der Waals surface area contributed by atoms with Gasteiger partial charge in [0.1, 0.15) is 22.3 Å². The minimum atomic E-state index is 0.546. The Morgan fingerprint density at radius 3 is 1.72 bits per heavy atom. The normalized spacial score (nSPS) is 11.6. The van der Waals surface area contributed by atoms with Crippen molar-refractivity contribution in [1.82, 2.24) is 15.0 Å². The Hall–Kier alpha value is -6.85. The van der Waals surface area contributed by atoms with E-state index in [2.05, 4.69) is 84.9 Å². The van der Waals surface area contributed by atoms with Gasteiger partial charge in [0.15, 0.2) is 17.5 Å². The summed E-state index contributed by atoms with van der Waals surface area (Å²) in [6.07, 6.45) is 0. The molecule has 0 radical (unpaired) electrons. The van der Waals surface area contributed by atoms with Gasteiger partial charge in [-0.1, -0.05) is 133 Å². The molecule has 5 heteroatoms. The molecule has 0 spiro atoms. The Morgan fingerprint density at radius 2 is 0.900 bits per heavy atom. The van der Waals surface area contributed by atoms with Crippen molar-refractivity contribution in [3.63, 3.8) is 0 Å². The van der Waals surface area contributed by atoms with Gasteiger partial charge < -0.3 is 8.83 Å². The van der Waals surface area contributed by atoms with Crippen molar-refractivity contribution in [2.45, 2.75) is 0 Å². The van der Waals surface area contributed by atoms with Gasteiger partial charge in [0.05, 0.1) is 5.56 Å². The van der Waals surface area contributed by atoms with Crippen LogP contribution in [0.3, 0.4) is 0 Å². The molecule has 0 saturated carbocycles. The smallest absolute Gasteiger partial charge is 0.167 e. The highest BCUT2D eigenvalue weighted by Crippen LogP contribution is 2.40. The molecule has 7 aromatic carbocycles. The van der Waals surface area contributed by atoms with E-state index in [0.29, 0.717) is 17.5 Å². The molecule has 5 nitrogen and oxygen atoms in total. The van der Waals surface area contributed by atoms with Gasteiger partial charge in [-0.05, 0) is 52.6 Å². The summed E-state index contributed by atoms with van der Waals surface area (Å²) < 4.78 is 12.9. The Balaban J connectivity index is 1.11. The average Bonchev–Trinajstić information content (AvgIpc) is 3.77. The van der Waals surface area contributed by atoms with Crippen LogP contribution in [-0.2, 0) is 0 Å². The monoisotopic (exact) mass is 641 g/mol. The van der Waals surface area contributed by atoms with Gasteiger partial charge in [0.2, 0.25) is 0 Å². The van der Waals surface area contributed by atoms with Crippen molar-refractivity contribution in [3.05, 3.63) is 164 Å². The molecule has 0 unspecified atom stereocenters. The van der Waals surface area contributed by atoms with Crippen LogP contribution in [0.4, 0.5) is 0 Å². The molecule has 0 aliphatic carbocycles. The minimum absolute atomic E-state index is 0.546. The molecule has 0 fully saturated rings. The van der Waals surface area contributed by atoms with E-state index < -0.39 is 0 Å². The number of benzene rings is 7. The van der Waals surface area contributed by atoms with Crippen molar-refractivity contribution in [2.24, 2.45) is 0 Å². The zero-order valence-corrected chi connectivity index (χ0v) is 26.7. The van der Waals surface area contributed by atoms with Crippen molar-refractivity contribution in [2.75, 3.05) is 0 Å². The average molecular weight is 642 g/mol. The lowest BCUT2D eigenvalue weighted by molar-refractivity contribution is 0.668. The van der Waals surface area contributed by atoms with Crippen molar-refractivity contribution >= 4 is 43.9 Å². The van der Waals surface area contributed by atoms with E-state index in [1.807, 2.05) is 78.9 Å². The molecule has 50 heavy (non-hydrogen) atoms. The summed E-state index contributed by atoms with van der Waals surface area (Å²) in [6.45, 7) is 0. The molecule has 0 amide bonds. The van der Waals surface area contributed by atoms with Crippen molar-refractivity contribution in [3.8, 4) is 56.4 Å². The maximum Gasteiger partial charge on any atom is 0.167 e. The predicted octanol–water partition coefficient (Wildman–Crippen LogP) is 12.0. The number of rotatable bonds is 5. The Bertz CT molecular complexity index is 2850.